The van der Waals surface area contributed by atoms with Crippen molar-refractivity contribution in [2.75, 3.05) is 20.3 Å². The molecule has 1 saturated heterocycles. The molecule has 1 heterocycles. The lowest BCUT2D eigenvalue weighted by atomic mass is 9.48. The van der Waals surface area contributed by atoms with Crippen LogP contribution in [0.1, 0.15) is 32.1 Å². The quantitative estimate of drug-likeness (QED) is 0.754. The molecule has 1 amide bonds. The minimum Gasteiger partial charge on any atom is -0.383 e. The molecule has 1 spiro atoms. The van der Waals surface area contributed by atoms with Gasteiger partial charge >= 0.3 is 0 Å². The van der Waals surface area contributed by atoms with Crippen molar-refractivity contribution in [2.24, 2.45) is 28.7 Å². The molecule has 0 unspecified atom stereocenters. The Morgan fingerprint density at radius 1 is 1.20 bits per heavy atom. The SMILES string of the molecule is COCCN=C1NC(=O)C2(N1)C1CC3CC(C1)CC2C3. The van der Waals surface area contributed by atoms with Gasteiger partial charge in [0.05, 0.1) is 13.2 Å². The van der Waals surface area contributed by atoms with Crippen LogP contribution in [0.25, 0.3) is 0 Å². The van der Waals surface area contributed by atoms with Gasteiger partial charge in [-0.15, -0.1) is 0 Å². The van der Waals surface area contributed by atoms with Gasteiger partial charge in [-0.2, -0.15) is 0 Å². The number of hydrogen-bond acceptors (Lipinski definition) is 3. The zero-order chi connectivity index (χ0) is 13.7. The molecule has 5 heteroatoms. The van der Waals surface area contributed by atoms with Gasteiger partial charge in [-0.3, -0.25) is 15.1 Å². The molecule has 0 radical (unpaired) electrons. The van der Waals surface area contributed by atoms with Gasteiger partial charge < -0.3 is 10.1 Å². The van der Waals surface area contributed by atoms with E-state index in [4.69, 9.17) is 4.74 Å². The molecule has 20 heavy (non-hydrogen) atoms. The third-order valence-corrected chi connectivity index (χ3v) is 5.92. The Hall–Kier alpha value is -1.10. The van der Waals surface area contributed by atoms with E-state index in [1.54, 1.807) is 7.11 Å². The second-order valence-electron chi connectivity index (χ2n) is 6.98. The Balaban J connectivity index is 1.58. The maximum absolute atomic E-state index is 12.6. The van der Waals surface area contributed by atoms with Crippen molar-refractivity contribution in [3.05, 3.63) is 0 Å². The van der Waals surface area contributed by atoms with E-state index in [-0.39, 0.29) is 11.4 Å². The number of ether oxygens (including phenoxy) is 1. The van der Waals surface area contributed by atoms with E-state index in [1.807, 2.05) is 0 Å². The fourth-order valence-electron chi connectivity index (χ4n) is 5.33. The first kappa shape index (κ1) is 12.6. The Bertz CT molecular complexity index is 432. The van der Waals surface area contributed by atoms with E-state index in [9.17, 15) is 4.79 Å². The lowest BCUT2D eigenvalue weighted by Crippen LogP contribution is -2.66. The molecular weight excluding hydrogens is 254 g/mol. The number of guanidine groups is 1. The number of amides is 1. The average Bonchev–Trinajstić information content (AvgIpc) is 2.74. The van der Waals surface area contributed by atoms with Crippen LogP contribution in [-0.2, 0) is 9.53 Å². The van der Waals surface area contributed by atoms with Crippen molar-refractivity contribution >= 4 is 11.9 Å². The zero-order valence-electron chi connectivity index (χ0n) is 12.0. The van der Waals surface area contributed by atoms with Crippen LogP contribution in [0, 0.1) is 23.7 Å². The van der Waals surface area contributed by atoms with E-state index in [2.05, 4.69) is 15.6 Å². The molecule has 4 saturated carbocycles. The number of hydrogen-bond donors (Lipinski definition) is 2. The summed E-state index contributed by atoms with van der Waals surface area (Å²) in [6.07, 6.45) is 6.29. The van der Waals surface area contributed by atoms with Crippen LogP contribution >= 0.6 is 0 Å². The Morgan fingerprint density at radius 2 is 1.85 bits per heavy atom. The summed E-state index contributed by atoms with van der Waals surface area (Å²) >= 11 is 0. The number of aliphatic imine (C=N–C) groups is 1. The predicted molar refractivity (Wildman–Crippen MR) is 75.2 cm³/mol. The molecule has 5 aliphatic rings. The Kier molecular flexibility index (Phi) is 2.81. The average molecular weight is 277 g/mol. The van der Waals surface area contributed by atoms with Gasteiger partial charge in [0, 0.05) is 7.11 Å². The predicted octanol–water partition coefficient (Wildman–Crippen LogP) is 0.903. The number of carbonyl (C=O) groups excluding carboxylic acids is 1. The summed E-state index contributed by atoms with van der Waals surface area (Å²) in [7, 11) is 1.67. The third kappa shape index (κ3) is 1.65. The first-order chi connectivity index (χ1) is 9.72. The number of methoxy groups -OCH3 is 1. The molecule has 0 aromatic heterocycles. The maximum atomic E-state index is 12.6. The van der Waals surface area contributed by atoms with Gasteiger partial charge in [-0.1, -0.05) is 0 Å². The van der Waals surface area contributed by atoms with Crippen LogP contribution in [0.2, 0.25) is 0 Å². The number of carbonyl (C=O) groups is 1. The summed E-state index contributed by atoms with van der Waals surface area (Å²) in [6.45, 7) is 1.18. The molecule has 110 valence electrons. The summed E-state index contributed by atoms with van der Waals surface area (Å²) in [4.78, 5) is 17.1. The lowest BCUT2D eigenvalue weighted by Gasteiger charge is -2.58. The van der Waals surface area contributed by atoms with E-state index in [1.165, 1.54) is 32.1 Å². The minimum atomic E-state index is -0.348. The van der Waals surface area contributed by atoms with E-state index < -0.39 is 0 Å². The summed E-state index contributed by atoms with van der Waals surface area (Å²) in [6, 6.07) is 0. The summed E-state index contributed by atoms with van der Waals surface area (Å²) in [5, 5.41) is 6.47. The second-order valence-corrected chi connectivity index (χ2v) is 6.98. The lowest BCUT2D eigenvalue weighted by molar-refractivity contribution is -0.140. The largest absolute Gasteiger partial charge is 0.383 e. The first-order valence-corrected chi connectivity index (χ1v) is 7.85. The molecule has 1 aliphatic heterocycles. The zero-order valence-corrected chi connectivity index (χ0v) is 12.0. The highest BCUT2D eigenvalue weighted by atomic mass is 16.5. The van der Waals surface area contributed by atoms with Gasteiger partial charge in [-0.25, -0.2) is 0 Å². The van der Waals surface area contributed by atoms with Crippen molar-refractivity contribution in [3.8, 4) is 0 Å². The van der Waals surface area contributed by atoms with E-state index in [0.29, 0.717) is 30.9 Å². The highest BCUT2D eigenvalue weighted by Crippen LogP contribution is 2.58. The minimum absolute atomic E-state index is 0.169. The maximum Gasteiger partial charge on any atom is 0.252 e. The van der Waals surface area contributed by atoms with Crippen molar-refractivity contribution in [3.63, 3.8) is 0 Å². The number of nitrogens with one attached hydrogen (secondary N) is 2. The van der Waals surface area contributed by atoms with Crippen molar-refractivity contribution in [1.29, 1.82) is 0 Å². The highest BCUT2D eigenvalue weighted by molar-refractivity contribution is 6.09. The van der Waals surface area contributed by atoms with E-state index in [0.717, 1.165) is 11.8 Å². The van der Waals surface area contributed by atoms with Gasteiger partial charge in [0.1, 0.15) is 5.54 Å². The smallest absolute Gasteiger partial charge is 0.252 e. The Labute approximate surface area is 119 Å². The van der Waals surface area contributed by atoms with Crippen LogP contribution in [0.4, 0.5) is 0 Å². The van der Waals surface area contributed by atoms with Crippen LogP contribution < -0.4 is 10.6 Å². The van der Waals surface area contributed by atoms with E-state index >= 15 is 0 Å². The molecule has 5 nitrogen and oxygen atoms in total. The van der Waals surface area contributed by atoms with Crippen LogP contribution in [0.5, 0.6) is 0 Å². The molecule has 5 fully saturated rings. The molecule has 0 atom stereocenters. The first-order valence-electron chi connectivity index (χ1n) is 7.85. The number of nitrogens with zero attached hydrogens (tertiary/aromatic N) is 1. The molecular formula is C15H23N3O2. The fourth-order valence-corrected chi connectivity index (χ4v) is 5.33. The number of rotatable bonds is 3. The van der Waals surface area contributed by atoms with Crippen LogP contribution in [0.3, 0.4) is 0 Å². The topological polar surface area (TPSA) is 62.7 Å². The highest BCUT2D eigenvalue weighted by Gasteiger charge is 2.63. The second kappa shape index (κ2) is 4.45. The van der Waals surface area contributed by atoms with Crippen molar-refractivity contribution < 1.29 is 9.53 Å². The molecule has 0 aromatic rings. The van der Waals surface area contributed by atoms with Crippen LogP contribution in [0.15, 0.2) is 4.99 Å². The molecule has 5 rings (SSSR count). The monoisotopic (exact) mass is 277 g/mol. The summed E-state index contributed by atoms with van der Waals surface area (Å²) in [5.41, 5.74) is -0.348. The molecule has 2 N–H and O–H groups in total. The standard InChI is InChI=1S/C15H23N3O2/c1-20-3-2-16-14-17-13(19)15(18-14)11-5-9-4-10(7-11)8-12(15)6-9/h9-12H,2-8H2,1H3,(H2,16,17,18,19). The van der Waals surface area contributed by atoms with Gasteiger partial charge in [-0.05, 0) is 55.8 Å². The molecule has 0 aromatic carbocycles. The molecule has 4 aliphatic carbocycles. The van der Waals surface area contributed by atoms with Gasteiger partial charge in [0.25, 0.3) is 5.91 Å². The van der Waals surface area contributed by atoms with Gasteiger partial charge in [0.2, 0.25) is 0 Å². The van der Waals surface area contributed by atoms with Gasteiger partial charge in [0.15, 0.2) is 5.96 Å². The van der Waals surface area contributed by atoms with Crippen molar-refractivity contribution in [2.45, 2.75) is 37.6 Å². The van der Waals surface area contributed by atoms with Crippen molar-refractivity contribution in [1.82, 2.24) is 10.6 Å². The Morgan fingerprint density at radius 3 is 2.45 bits per heavy atom. The summed E-state index contributed by atoms with van der Waals surface area (Å²) in [5.74, 6) is 3.59. The van der Waals surface area contributed by atoms with Crippen LogP contribution in [-0.4, -0.2) is 37.7 Å². The fraction of sp³-hybridized carbons (Fsp3) is 0.867. The molecule has 4 bridgehead atoms. The summed E-state index contributed by atoms with van der Waals surface area (Å²) < 4.78 is 5.01. The third-order valence-electron chi connectivity index (χ3n) is 5.92. The normalized spacial score (nSPS) is 47.0.